The Labute approximate surface area is 139 Å². The molecule has 1 atom stereocenters. The highest BCUT2D eigenvalue weighted by atomic mass is 35.5. The molecule has 23 heavy (non-hydrogen) atoms. The minimum absolute atomic E-state index is 0.114. The molecule has 0 aromatic heterocycles. The van der Waals surface area contributed by atoms with Crippen LogP contribution < -0.4 is 9.47 Å². The van der Waals surface area contributed by atoms with Gasteiger partial charge in [0.2, 0.25) is 0 Å². The van der Waals surface area contributed by atoms with E-state index in [2.05, 4.69) is 0 Å². The monoisotopic (exact) mass is 354 g/mol. The van der Waals surface area contributed by atoms with Gasteiger partial charge in [-0.3, -0.25) is 4.18 Å². The summed E-state index contributed by atoms with van der Waals surface area (Å²) in [6.45, 7) is 1.91. The highest BCUT2D eigenvalue weighted by molar-refractivity contribution is 7.86. The molecule has 7 heteroatoms. The molecule has 0 aliphatic carbocycles. The Bertz CT molecular complexity index is 802. The average Bonchev–Trinajstić information content (AvgIpc) is 2.54. The maximum atomic E-state index is 12.1. The van der Waals surface area contributed by atoms with Crippen molar-refractivity contribution in [2.45, 2.75) is 17.9 Å². The smallest absolute Gasteiger partial charge is 0.297 e. The van der Waals surface area contributed by atoms with Gasteiger partial charge in [0, 0.05) is 0 Å². The van der Waals surface area contributed by atoms with E-state index in [1.165, 1.54) is 12.1 Å². The van der Waals surface area contributed by atoms with Crippen LogP contribution in [0.25, 0.3) is 0 Å². The van der Waals surface area contributed by atoms with Crippen LogP contribution in [0.15, 0.2) is 47.4 Å². The van der Waals surface area contributed by atoms with Crippen molar-refractivity contribution in [2.24, 2.45) is 0 Å². The molecule has 1 unspecified atom stereocenters. The number of rotatable bonds is 4. The van der Waals surface area contributed by atoms with Crippen LogP contribution in [0.1, 0.15) is 5.56 Å². The molecule has 1 aliphatic rings. The summed E-state index contributed by atoms with van der Waals surface area (Å²) in [5, 5.41) is 0.453. The lowest BCUT2D eigenvalue weighted by atomic mass is 10.2. The first kappa shape index (κ1) is 16.1. The minimum Gasteiger partial charge on any atom is -0.484 e. The molecule has 5 nitrogen and oxygen atoms in total. The SMILES string of the molecule is Cc1ccc(S(=O)(=O)OCC2COc3c(Cl)cccc3O2)cc1. The Morgan fingerprint density at radius 2 is 1.96 bits per heavy atom. The third-order valence-corrected chi connectivity index (χ3v) is 4.95. The maximum Gasteiger partial charge on any atom is 0.297 e. The van der Waals surface area contributed by atoms with E-state index in [1.54, 1.807) is 30.3 Å². The number of hydrogen-bond donors (Lipinski definition) is 0. The van der Waals surface area contributed by atoms with Gasteiger partial charge < -0.3 is 9.47 Å². The molecule has 2 aromatic carbocycles. The van der Waals surface area contributed by atoms with Crippen LogP contribution >= 0.6 is 11.6 Å². The van der Waals surface area contributed by atoms with Gasteiger partial charge in [0.1, 0.15) is 13.2 Å². The van der Waals surface area contributed by atoms with Crippen molar-refractivity contribution in [2.75, 3.05) is 13.2 Å². The molecule has 2 aromatic rings. The van der Waals surface area contributed by atoms with E-state index in [4.69, 9.17) is 25.3 Å². The van der Waals surface area contributed by atoms with E-state index < -0.39 is 16.2 Å². The van der Waals surface area contributed by atoms with Gasteiger partial charge in [-0.25, -0.2) is 0 Å². The Morgan fingerprint density at radius 1 is 1.22 bits per heavy atom. The molecule has 0 fully saturated rings. The number of aryl methyl sites for hydroxylation is 1. The van der Waals surface area contributed by atoms with Gasteiger partial charge in [-0.2, -0.15) is 8.42 Å². The van der Waals surface area contributed by atoms with Gasteiger partial charge in [-0.05, 0) is 31.2 Å². The Kier molecular flexibility index (Phi) is 4.48. The summed E-state index contributed by atoms with van der Waals surface area (Å²) in [4.78, 5) is 0.114. The van der Waals surface area contributed by atoms with Crippen LogP contribution in [0.5, 0.6) is 11.5 Å². The lowest BCUT2D eigenvalue weighted by Crippen LogP contribution is -2.34. The second kappa shape index (κ2) is 6.39. The second-order valence-electron chi connectivity index (χ2n) is 5.17. The van der Waals surface area contributed by atoms with Crippen LogP contribution in [0, 0.1) is 6.92 Å². The maximum absolute atomic E-state index is 12.1. The third kappa shape index (κ3) is 3.60. The topological polar surface area (TPSA) is 61.8 Å². The minimum atomic E-state index is -3.82. The van der Waals surface area contributed by atoms with Crippen molar-refractivity contribution in [3.05, 3.63) is 53.1 Å². The van der Waals surface area contributed by atoms with E-state index in [0.29, 0.717) is 16.5 Å². The Morgan fingerprint density at radius 3 is 2.70 bits per heavy atom. The third-order valence-electron chi connectivity index (χ3n) is 3.36. The zero-order valence-corrected chi connectivity index (χ0v) is 13.9. The first-order chi connectivity index (χ1) is 11.0. The van der Waals surface area contributed by atoms with Crippen molar-refractivity contribution in [1.82, 2.24) is 0 Å². The number of ether oxygens (including phenoxy) is 2. The van der Waals surface area contributed by atoms with Crippen LogP contribution in [0.4, 0.5) is 0 Å². The lowest BCUT2D eigenvalue weighted by molar-refractivity contribution is 0.0556. The molecule has 1 heterocycles. The molecule has 0 spiro atoms. The Balaban J connectivity index is 1.66. The standard InChI is InChI=1S/C16H15ClO5S/c1-11-5-7-13(8-6-11)23(18,19)21-10-12-9-20-16-14(17)3-2-4-15(16)22-12/h2-8,12H,9-10H2,1H3. The van der Waals surface area contributed by atoms with E-state index in [9.17, 15) is 8.42 Å². The number of fused-ring (bicyclic) bond motifs is 1. The number of para-hydroxylation sites is 1. The molecule has 0 N–H and O–H groups in total. The lowest BCUT2D eigenvalue weighted by Gasteiger charge is -2.26. The highest BCUT2D eigenvalue weighted by Crippen LogP contribution is 2.38. The fourth-order valence-corrected chi connectivity index (χ4v) is 3.29. The number of hydrogen-bond acceptors (Lipinski definition) is 5. The van der Waals surface area contributed by atoms with Crippen LogP contribution in [0.2, 0.25) is 5.02 Å². The van der Waals surface area contributed by atoms with Crippen LogP contribution in [-0.4, -0.2) is 27.7 Å². The summed E-state index contributed by atoms with van der Waals surface area (Å²) in [5.41, 5.74) is 0.974. The number of benzene rings is 2. The van der Waals surface area contributed by atoms with Crippen molar-refractivity contribution < 1.29 is 22.1 Å². The van der Waals surface area contributed by atoms with Gasteiger partial charge in [0.05, 0.1) is 9.92 Å². The van der Waals surface area contributed by atoms with Crippen LogP contribution in [0.3, 0.4) is 0 Å². The fourth-order valence-electron chi connectivity index (χ4n) is 2.13. The molecule has 122 valence electrons. The van der Waals surface area contributed by atoms with Gasteiger partial charge in [0.15, 0.2) is 17.6 Å². The molecule has 3 rings (SSSR count). The van der Waals surface area contributed by atoms with Gasteiger partial charge in [0.25, 0.3) is 10.1 Å². The molecule has 0 saturated heterocycles. The molecule has 0 radical (unpaired) electrons. The van der Waals surface area contributed by atoms with Crippen molar-refractivity contribution in [3.8, 4) is 11.5 Å². The van der Waals surface area contributed by atoms with E-state index >= 15 is 0 Å². The van der Waals surface area contributed by atoms with Crippen molar-refractivity contribution in [3.63, 3.8) is 0 Å². The van der Waals surface area contributed by atoms with E-state index in [0.717, 1.165) is 5.56 Å². The van der Waals surface area contributed by atoms with E-state index in [1.807, 2.05) is 6.92 Å². The van der Waals surface area contributed by atoms with Crippen molar-refractivity contribution in [1.29, 1.82) is 0 Å². The van der Waals surface area contributed by atoms with Gasteiger partial charge in [-0.1, -0.05) is 35.4 Å². The molecular weight excluding hydrogens is 340 g/mol. The molecule has 0 bridgehead atoms. The molecular formula is C16H15ClO5S. The van der Waals surface area contributed by atoms with Crippen LogP contribution in [-0.2, 0) is 14.3 Å². The highest BCUT2D eigenvalue weighted by Gasteiger charge is 2.25. The van der Waals surface area contributed by atoms with Crippen molar-refractivity contribution >= 4 is 21.7 Å². The fraction of sp³-hybridized carbons (Fsp3) is 0.250. The van der Waals surface area contributed by atoms with E-state index in [-0.39, 0.29) is 18.1 Å². The normalized spacial score (nSPS) is 17.0. The second-order valence-corrected chi connectivity index (χ2v) is 7.19. The summed E-state index contributed by atoms with van der Waals surface area (Å²) >= 11 is 6.00. The Hall–Kier alpha value is -1.76. The largest absolute Gasteiger partial charge is 0.484 e. The number of halogens is 1. The summed E-state index contributed by atoms with van der Waals surface area (Å²) in [6, 6.07) is 11.6. The summed E-state index contributed by atoms with van der Waals surface area (Å²) in [5.74, 6) is 0.942. The predicted octanol–water partition coefficient (Wildman–Crippen LogP) is 3.19. The molecule has 0 saturated carbocycles. The first-order valence-electron chi connectivity index (χ1n) is 7.00. The van der Waals surface area contributed by atoms with Gasteiger partial charge in [-0.15, -0.1) is 0 Å². The average molecular weight is 355 g/mol. The summed E-state index contributed by atoms with van der Waals surface area (Å²) in [6.07, 6.45) is -0.527. The quantitative estimate of drug-likeness (QED) is 0.789. The zero-order chi connectivity index (χ0) is 16.4. The summed E-state index contributed by atoms with van der Waals surface area (Å²) < 4.78 is 40.6. The summed E-state index contributed by atoms with van der Waals surface area (Å²) in [7, 11) is -3.82. The molecule has 0 amide bonds. The predicted molar refractivity (Wildman–Crippen MR) is 85.7 cm³/mol. The van der Waals surface area contributed by atoms with Gasteiger partial charge >= 0.3 is 0 Å². The first-order valence-corrected chi connectivity index (χ1v) is 8.78. The molecule has 1 aliphatic heterocycles. The zero-order valence-electron chi connectivity index (χ0n) is 12.4.